The smallest absolute Gasteiger partial charge is 0.372 e. The van der Waals surface area contributed by atoms with E-state index in [1.807, 2.05) is 19.1 Å². The summed E-state index contributed by atoms with van der Waals surface area (Å²) in [4.78, 5) is 10.8. The van der Waals surface area contributed by atoms with Crippen molar-refractivity contribution in [2.45, 2.75) is 26.4 Å². The molecule has 5 nitrogen and oxygen atoms in total. The predicted molar refractivity (Wildman–Crippen MR) is 64.4 cm³/mol. The first-order valence-corrected chi connectivity index (χ1v) is 5.67. The highest BCUT2D eigenvalue weighted by Gasteiger charge is 2.15. The molecule has 2 aromatic rings. The fourth-order valence-corrected chi connectivity index (χ4v) is 1.74. The molecule has 0 fully saturated rings. The maximum atomic E-state index is 10.8. The van der Waals surface area contributed by atoms with Crippen LogP contribution >= 0.6 is 0 Å². The molecule has 0 bridgehead atoms. The molecule has 5 heteroatoms. The van der Waals surface area contributed by atoms with E-state index in [2.05, 4.69) is 5.32 Å². The van der Waals surface area contributed by atoms with Crippen molar-refractivity contribution in [3.63, 3.8) is 0 Å². The predicted octanol–water partition coefficient (Wildman–Crippen LogP) is 2.73. The van der Waals surface area contributed by atoms with E-state index in [0.717, 1.165) is 5.76 Å². The maximum absolute atomic E-state index is 10.8. The third kappa shape index (κ3) is 2.62. The Labute approximate surface area is 104 Å². The van der Waals surface area contributed by atoms with Gasteiger partial charge in [-0.2, -0.15) is 0 Å². The number of carboxylic acids is 1. The Kier molecular flexibility index (Phi) is 3.53. The number of rotatable bonds is 5. The Bertz CT molecular complexity index is 527. The topological polar surface area (TPSA) is 75.6 Å². The molecule has 1 unspecified atom stereocenters. The molecule has 0 aliphatic rings. The molecule has 0 saturated carbocycles. The Morgan fingerprint density at radius 3 is 2.89 bits per heavy atom. The maximum Gasteiger partial charge on any atom is 0.372 e. The number of aromatic carboxylic acids is 1. The van der Waals surface area contributed by atoms with Gasteiger partial charge in [-0.25, -0.2) is 4.79 Å². The molecule has 0 aliphatic heterocycles. The van der Waals surface area contributed by atoms with Crippen molar-refractivity contribution >= 4 is 5.97 Å². The zero-order valence-corrected chi connectivity index (χ0v) is 10.3. The van der Waals surface area contributed by atoms with Crippen LogP contribution in [0.3, 0.4) is 0 Å². The highest BCUT2D eigenvalue weighted by molar-refractivity contribution is 5.86. The van der Waals surface area contributed by atoms with Crippen LogP contribution in [0.5, 0.6) is 0 Å². The van der Waals surface area contributed by atoms with Gasteiger partial charge < -0.3 is 19.3 Å². The van der Waals surface area contributed by atoms with Crippen LogP contribution in [0.4, 0.5) is 0 Å². The van der Waals surface area contributed by atoms with Crippen LogP contribution in [0.15, 0.2) is 33.3 Å². The lowest BCUT2D eigenvalue weighted by atomic mass is 10.2. The summed E-state index contributed by atoms with van der Waals surface area (Å²) in [7, 11) is 0. The lowest BCUT2D eigenvalue weighted by molar-refractivity contribution is 0.0659. The standard InChI is InChI=1S/C13H15NO4/c1-8-6-10(18-12(8)13(15)16)7-14-9(2)11-4-3-5-17-11/h3-6,9,14H,7H2,1-2H3,(H,15,16). The van der Waals surface area contributed by atoms with Crippen molar-refractivity contribution < 1.29 is 18.7 Å². The number of carbonyl (C=O) groups is 1. The molecule has 2 N–H and O–H groups in total. The zero-order valence-electron chi connectivity index (χ0n) is 10.3. The molecular formula is C13H15NO4. The summed E-state index contributed by atoms with van der Waals surface area (Å²) >= 11 is 0. The van der Waals surface area contributed by atoms with E-state index < -0.39 is 5.97 Å². The fourth-order valence-electron chi connectivity index (χ4n) is 1.74. The van der Waals surface area contributed by atoms with Crippen molar-refractivity contribution in [3.05, 3.63) is 47.3 Å². The second kappa shape index (κ2) is 5.10. The average molecular weight is 249 g/mol. The first-order valence-electron chi connectivity index (χ1n) is 5.67. The number of furan rings is 2. The van der Waals surface area contributed by atoms with Gasteiger partial charge in [-0.05, 0) is 32.0 Å². The molecule has 2 aromatic heterocycles. The van der Waals surface area contributed by atoms with Gasteiger partial charge in [-0.15, -0.1) is 0 Å². The Balaban J connectivity index is 1.98. The van der Waals surface area contributed by atoms with Gasteiger partial charge in [0.05, 0.1) is 18.8 Å². The Hall–Kier alpha value is -2.01. The highest BCUT2D eigenvalue weighted by atomic mass is 16.4. The van der Waals surface area contributed by atoms with E-state index in [0.29, 0.717) is 17.9 Å². The van der Waals surface area contributed by atoms with Gasteiger partial charge in [-0.1, -0.05) is 0 Å². The third-order valence-corrected chi connectivity index (χ3v) is 2.72. The Morgan fingerprint density at radius 1 is 1.56 bits per heavy atom. The summed E-state index contributed by atoms with van der Waals surface area (Å²) in [5.74, 6) is 0.385. The van der Waals surface area contributed by atoms with Gasteiger partial charge in [0.2, 0.25) is 5.76 Å². The second-order valence-corrected chi connectivity index (χ2v) is 4.15. The normalized spacial score (nSPS) is 12.6. The molecule has 18 heavy (non-hydrogen) atoms. The average Bonchev–Trinajstić information content (AvgIpc) is 2.94. The minimum absolute atomic E-state index is 0.00236. The van der Waals surface area contributed by atoms with Gasteiger partial charge in [0.25, 0.3) is 0 Å². The van der Waals surface area contributed by atoms with Gasteiger partial charge in [0, 0.05) is 5.56 Å². The summed E-state index contributed by atoms with van der Waals surface area (Å²) < 4.78 is 10.5. The number of hydrogen-bond acceptors (Lipinski definition) is 4. The molecule has 0 spiro atoms. The molecule has 2 rings (SSSR count). The molecule has 0 radical (unpaired) electrons. The summed E-state index contributed by atoms with van der Waals surface area (Å²) in [5, 5.41) is 12.1. The molecule has 1 atom stereocenters. The number of aryl methyl sites for hydroxylation is 1. The fraction of sp³-hybridized carbons (Fsp3) is 0.308. The number of carboxylic acid groups (broad SMARTS) is 1. The third-order valence-electron chi connectivity index (χ3n) is 2.72. The number of nitrogens with one attached hydrogen (secondary N) is 1. The molecular weight excluding hydrogens is 234 g/mol. The van der Waals surface area contributed by atoms with E-state index >= 15 is 0 Å². The van der Waals surface area contributed by atoms with Crippen LogP contribution in [-0.4, -0.2) is 11.1 Å². The van der Waals surface area contributed by atoms with Crippen molar-refractivity contribution in [2.75, 3.05) is 0 Å². The van der Waals surface area contributed by atoms with Gasteiger partial charge in [0.1, 0.15) is 11.5 Å². The van der Waals surface area contributed by atoms with Crippen molar-refractivity contribution in [1.29, 1.82) is 0 Å². The summed E-state index contributed by atoms with van der Waals surface area (Å²) in [6.07, 6.45) is 1.62. The van der Waals surface area contributed by atoms with E-state index in [9.17, 15) is 4.79 Å². The molecule has 0 saturated heterocycles. The molecule has 2 heterocycles. The quantitative estimate of drug-likeness (QED) is 0.852. The molecule has 0 aliphatic carbocycles. The van der Waals surface area contributed by atoms with Crippen LogP contribution in [0.1, 0.15) is 40.6 Å². The SMILES string of the molecule is Cc1cc(CNC(C)c2ccco2)oc1C(=O)O. The molecule has 0 amide bonds. The molecule has 0 aromatic carbocycles. The zero-order chi connectivity index (χ0) is 13.1. The van der Waals surface area contributed by atoms with Crippen LogP contribution in [-0.2, 0) is 6.54 Å². The van der Waals surface area contributed by atoms with Crippen molar-refractivity contribution in [3.8, 4) is 0 Å². The van der Waals surface area contributed by atoms with E-state index in [-0.39, 0.29) is 11.8 Å². The summed E-state index contributed by atoms with van der Waals surface area (Å²) in [5.41, 5.74) is 0.630. The summed E-state index contributed by atoms with van der Waals surface area (Å²) in [6, 6.07) is 5.48. The van der Waals surface area contributed by atoms with Crippen molar-refractivity contribution in [2.24, 2.45) is 0 Å². The van der Waals surface area contributed by atoms with Gasteiger partial charge in [0.15, 0.2) is 0 Å². The minimum atomic E-state index is -1.04. The second-order valence-electron chi connectivity index (χ2n) is 4.15. The molecule has 96 valence electrons. The lowest BCUT2D eigenvalue weighted by Gasteiger charge is -2.09. The van der Waals surface area contributed by atoms with Crippen LogP contribution in [0, 0.1) is 6.92 Å². The first-order chi connectivity index (χ1) is 8.58. The monoisotopic (exact) mass is 249 g/mol. The van der Waals surface area contributed by atoms with E-state index in [1.165, 1.54) is 0 Å². The van der Waals surface area contributed by atoms with Gasteiger partial charge >= 0.3 is 5.97 Å². The van der Waals surface area contributed by atoms with Crippen LogP contribution < -0.4 is 5.32 Å². The highest BCUT2D eigenvalue weighted by Crippen LogP contribution is 2.17. The minimum Gasteiger partial charge on any atom is -0.475 e. The lowest BCUT2D eigenvalue weighted by Crippen LogP contribution is -2.17. The largest absolute Gasteiger partial charge is 0.475 e. The van der Waals surface area contributed by atoms with Gasteiger partial charge in [-0.3, -0.25) is 0 Å². The van der Waals surface area contributed by atoms with Crippen molar-refractivity contribution in [1.82, 2.24) is 5.32 Å². The Morgan fingerprint density at radius 2 is 2.33 bits per heavy atom. The summed E-state index contributed by atoms with van der Waals surface area (Å²) in [6.45, 7) is 4.13. The van der Waals surface area contributed by atoms with E-state index in [4.69, 9.17) is 13.9 Å². The van der Waals surface area contributed by atoms with E-state index in [1.54, 1.807) is 19.3 Å². The van der Waals surface area contributed by atoms with Crippen LogP contribution in [0.2, 0.25) is 0 Å². The first kappa shape index (κ1) is 12.4. The van der Waals surface area contributed by atoms with Crippen LogP contribution in [0.25, 0.3) is 0 Å². The number of hydrogen-bond donors (Lipinski definition) is 2.